The Balaban J connectivity index is 1.71. The number of nitrogens with zero attached hydrogens (tertiary/aromatic N) is 3. The molecule has 0 fully saturated rings. The molecule has 3 rings (SSSR count). The second kappa shape index (κ2) is 6.95. The van der Waals surface area contributed by atoms with Gasteiger partial charge in [0.15, 0.2) is 0 Å². The Morgan fingerprint density at radius 3 is 2.46 bits per heavy atom. The van der Waals surface area contributed by atoms with Gasteiger partial charge in [0, 0.05) is 35.8 Å². The van der Waals surface area contributed by atoms with Crippen molar-refractivity contribution in [1.29, 1.82) is 0 Å². The highest BCUT2D eigenvalue weighted by atomic mass is 19.1. The van der Waals surface area contributed by atoms with Crippen LogP contribution < -0.4 is 5.32 Å². The molecule has 0 aliphatic heterocycles. The zero-order valence-corrected chi connectivity index (χ0v) is 13.0. The summed E-state index contributed by atoms with van der Waals surface area (Å²) in [5, 5.41) is 2.84. The molecule has 0 aliphatic carbocycles. The van der Waals surface area contributed by atoms with Gasteiger partial charge >= 0.3 is 0 Å². The Labute approximate surface area is 138 Å². The summed E-state index contributed by atoms with van der Waals surface area (Å²) in [5.41, 5.74) is 3.10. The van der Waals surface area contributed by atoms with Crippen molar-refractivity contribution in [3.8, 4) is 11.1 Å². The van der Waals surface area contributed by atoms with E-state index in [4.69, 9.17) is 0 Å². The van der Waals surface area contributed by atoms with Crippen molar-refractivity contribution >= 4 is 5.91 Å². The number of amides is 1. The molecule has 6 heteroatoms. The Morgan fingerprint density at radius 2 is 1.79 bits per heavy atom. The smallest absolute Gasteiger partial charge is 0.251 e. The van der Waals surface area contributed by atoms with E-state index in [1.165, 1.54) is 18.6 Å². The molecule has 1 amide bonds. The summed E-state index contributed by atoms with van der Waals surface area (Å²) >= 11 is 0. The first-order chi connectivity index (χ1) is 11.6. The minimum atomic E-state index is -0.676. The lowest BCUT2D eigenvalue weighted by Gasteiger charge is -2.15. The summed E-state index contributed by atoms with van der Waals surface area (Å²) in [5.74, 6) is -1.02. The second-order valence-electron chi connectivity index (χ2n) is 5.31. The maximum atomic E-state index is 13.1. The van der Waals surface area contributed by atoms with Crippen molar-refractivity contribution in [3.05, 3.63) is 78.4 Å². The van der Waals surface area contributed by atoms with Crippen LogP contribution >= 0.6 is 0 Å². The molecule has 1 aromatic carbocycles. The molecule has 5 nitrogen and oxygen atoms in total. The van der Waals surface area contributed by atoms with E-state index in [0.717, 1.165) is 22.8 Å². The number of benzene rings is 1. The molecule has 1 N–H and O–H groups in total. The van der Waals surface area contributed by atoms with Crippen molar-refractivity contribution in [2.24, 2.45) is 0 Å². The topological polar surface area (TPSA) is 67.8 Å². The monoisotopic (exact) mass is 322 g/mol. The second-order valence-corrected chi connectivity index (χ2v) is 5.31. The van der Waals surface area contributed by atoms with E-state index < -0.39 is 5.95 Å². The highest BCUT2D eigenvalue weighted by molar-refractivity contribution is 5.94. The lowest BCUT2D eigenvalue weighted by atomic mass is 10.0. The van der Waals surface area contributed by atoms with Gasteiger partial charge in [0.2, 0.25) is 5.95 Å². The average molecular weight is 322 g/mol. The Kier molecular flexibility index (Phi) is 4.56. The van der Waals surface area contributed by atoms with Crippen LogP contribution in [0.3, 0.4) is 0 Å². The van der Waals surface area contributed by atoms with Gasteiger partial charge in [-0.15, -0.1) is 0 Å². The SMILES string of the molecule is CC(NC(=O)c1ccnc(F)c1)c1ccc(-c2cncnc2)cc1. The van der Waals surface area contributed by atoms with E-state index >= 15 is 0 Å². The van der Waals surface area contributed by atoms with E-state index in [-0.39, 0.29) is 17.5 Å². The van der Waals surface area contributed by atoms with Crippen LogP contribution in [0, 0.1) is 5.95 Å². The van der Waals surface area contributed by atoms with Gasteiger partial charge in [-0.25, -0.2) is 15.0 Å². The predicted octanol–water partition coefficient (Wildman–Crippen LogP) is 3.17. The van der Waals surface area contributed by atoms with Crippen LogP contribution in [0.2, 0.25) is 0 Å². The van der Waals surface area contributed by atoms with Crippen molar-refractivity contribution in [2.45, 2.75) is 13.0 Å². The van der Waals surface area contributed by atoms with Crippen LogP contribution in [0.4, 0.5) is 4.39 Å². The molecule has 0 bridgehead atoms. The predicted molar refractivity (Wildman–Crippen MR) is 87.5 cm³/mol. The number of halogens is 1. The fourth-order valence-electron chi connectivity index (χ4n) is 2.32. The largest absolute Gasteiger partial charge is 0.346 e. The summed E-state index contributed by atoms with van der Waals surface area (Å²) in [6.07, 6.45) is 6.24. The molecule has 1 atom stereocenters. The number of nitrogens with one attached hydrogen (secondary N) is 1. The van der Waals surface area contributed by atoms with Crippen LogP contribution in [-0.4, -0.2) is 20.9 Å². The fraction of sp³-hybridized carbons (Fsp3) is 0.111. The summed E-state index contributed by atoms with van der Waals surface area (Å²) in [7, 11) is 0. The number of aromatic nitrogens is 3. The van der Waals surface area contributed by atoms with E-state index in [0.29, 0.717) is 0 Å². The van der Waals surface area contributed by atoms with Crippen molar-refractivity contribution in [2.75, 3.05) is 0 Å². The van der Waals surface area contributed by atoms with Crippen LogP contribution in [-0.2, 0) is 0 Å². The molecular weight excluding hydrogens is 307 g/mol. The van der Waals surface area contributed by atoms with Crippen LogP contribution in [0.1, 0.15) is 28.9 Å². The number of hydrogen-bond donors (Lipinski definition) is 1. The summed E-state index contributed by atoms with van der Waals surface area (Å²) in [6, 6.07) is 10.1. The molecule has 0 aliphatic rings. The third-order valence-electron chi connectivity index (χ3n) is 3.64. The van der Waals surface area contributed by atoms with Crippen molar-refractivity contribution < 1.29 is 9.18 Å². The summed E-state index contributed by atoms with van der Waals surface area (Å²) in [4.78, 5) is 23.6. The maximum Gasteiger partial charge on any atom is 0.251 e. The van der Waals surface area contributed by atoms with E-state index in [1.807, 2.05) is 31.2 Å². The van der Waals surface area contributed by atoms with Gasteiger partial charge in [-0.05, 0) is 24.1 Å². The Bertz CT molecular complexity index is 837. The zero-order valence-electron chi connectivity index (χ0n) is 13.0. The standard InChI is InChI=1S/C18H15FN4O/c1-12(23-18(24)15-6-7-22-17(19)8-15)13-2-4-14(5-3-13)16-9-20-11-21-10-16/h2-12H,1H3,(H,23,24). The van der Waals surface area contributed by atoms with E-state index in [1.54, 1.807) is 12.4 Å². The van der Waals surface area contributed by atoms with Gasteiger partial charge in [-0.2, -0.15) is 4.39 Å². The van der Waals surface area contributed by atoms with Crippen molar-refractivity contribution in [3.63, 3.8) is 0 Å². The quantitative estimate of drug-likeness (QED) is 0.749. The van der Waals surface area contributed by atoms with Gasteiger partial charge < -0.3 is 5.32 Å². The molecule has 3 aromatic rings. The number of carbonyl (C=O) groups is 1. The molecule has 0 saturated heterocycles. The average Bonchev–Trinajstić information content (AvgIpc) is 2.62. The first-order valence-corrected chi connectivity index (χ1v) is 7.41. The van der Waals surface area contributed by atoms with Gasteiger partial charge in [-0.3, -0.25) is 4.79 Å². The minimum absolute atomic E-state index is 0.213. The minimum Gasteiger partial charge on any atom is -0.346 e. The number of carbonyl (C=O) groups excluding carboxylic acids is 1. The van der Waals surface area contributed by atoms with Gasteiger partial charge in [0.25, 0.3) is 5.91 Å². The highest BCUT2D eigenvalue weighted by Gasteiger charge is 2.12. The highest BCUT2D eigenvalue weighted by Crippen LogP contribution is 2.21. The molecule has 2 aromatic heterocycles. The van der Waals surface area contributed by atoms with E-state index in [9.17, 15) is 9.18 Å². The lowest BCUT2D eigenvalue weighted by molar-refractivity contribution is 0.0939. The van der Waals surface area contributed by atoms with Crippen molar-refractivity contribution in [1.82, 2.24) is 20.3 Å². The molecule has 0 radical (unpaired) electrons. The molecular formula is C18H15FN4O. The number of rotatable bonds is 4. The van der Waals surface area contributed by atoms with E-state index in [2.05, 4.69) is 20.3 Å². The van der Waals surface area contributed by atoms with Gasteiger partial charge in [0.05, 0.1) is 6.04 Å². The first-order valence-electron chi connectivity index (χ1n) is 7.41. The molecule has 24 heavy (non-hydrogen) atoms. The van der Waals surface area contributed by atoms with Crippen LogP contribution in [0.25, 0.3) is 11.1 Å². The first kappa shape index (κ1) is 15.7. The molecule has 1 unspecified atom stereocenters. The summed E-state index contributed by atoms with van der Waals surface area (Å²) in [6.45, 7) is 1.87. The third kappa shape index (κ3) is 3.60. The summed E-state index contributed by atoms with van der Waals surface area (Å²) < 4.78 is 13.1. The molecule has 120 valence electrons. The Hall–Kier alpha value is -3.15. The number of pyridine rings is 1. The maximum absolute atomic E-state index is 13.1. The zero-order chi connectivity index (χ0) is 16.9. The molecule has 2 heterocycles. The molecule has 0 spiro atoms. The third-order valence-corrected chi connectivity index (χ3v) is 3.64. The Morgan fingerprint density at radius 1 is 1.08 bits per heavy atom. The van der Waals surface area contributed by atoms with Gasteiger partial charge in [-0.1, -0.05) is 24.3 Å². The lowest BCUT2D eigenvalue weighted by Crippen LogP contribution is -2.26. The van der Waals surface area contributed by atoms with Gasteiger partial charge in [0.1, 0.15) is 6.33 Å². The molecule has 0 saturated carbocycles. The van der Waals surface area contributed by atoms with Crippen LogP contribution in [0.15, 0.2) is 61.3 Å². The fourth-order valence-corrected chi connectivity index (χ4v) is 2.32. The normalized spacial score (nSPS) is 11.8. The van der Waals surface area contributed by atoms with Crippen LogP contribution in [0.5, 0.6) is 0 Å². The number of hydrogen-bond acceptors (Lipinski definition) is 4.